The van der Waals surface area contributed by atoms with E-state index in [-0.39, 0.29) is 17.6 Å². The number of carbonyl (C=O) groups is 1. The van der Waals surface area contributed by atoms with Crippen LogP contribution in [0.4, 0.5) is 14.5 Å². The highest BCUT2D eigenvalue weighted by Gasteiger charge is 2.18. The first-order valence-corrected chi connectivity index (χ1v) is 7.01. The smallest absolute Gasteiger partial charge is 0.387 e. The zero-order valence-electron chi connectivity index (χ0n) is 12.1. The molecule has 22 heavy (non-hydrogen) atoms. The van der Waals surface area contributed by atoms with Crippen molar-refractivity contribution in [3.05, 3.63) is 60.2 Å². The number of hydrogen-bond donors (Lipinski definition) is 1. The quantitative estimate of drug-likeness (QED) is 0.858. The Bertz CT molecular complexity index is 600. The van der Waals surface area contributed by atoms with Gasteiger partial charge in [-0.3, -0.25) is 4.79 Å². The number of anilines is 1. The first kappa shape index (κ1) is 15.9. The van der Waals surface area contributed by atoms with Gasteiger partial charge in [-0.05, 0) is 36.2 Å². The van der Waals surface area contributed by atoms with Crippen molar-refractivity contribution < 1.29 is 18.3 Å². The van der Waals surface area contributed by atoms with Crippen molar-refractivity contribution in [1.82, 2.24) is 0 Å². The van der Waals surface area contributed by atoms with Crippen molar-refractivity contribution in [2.45, 2.75) is 25.9 Å². The third-order valence-corrected chi connectivity index (χ3v) is 3.27. The summed E-state index contributed by atoms with van der Waals surface area (Å²) >= 11 is 0. The minimum absolute atomic E-state index is 0.0584. The monoisotopic (exact) mass is 305 g/mol. The molecule has 116 valence electrons. The van der Waals surface area contributed by atoms with Crippen LogP contribution in [0.3, 0.4) is 0 Å². The number of benzene rings is 2. The number of carbonyl (C=O) groups excluding carboxylic acids is 1. The van der Waals surface area contributed by atoms with Crippen LogP contribution in [-0.2, 0) is 4.79 Å². The molecule has 0 spiro atoms. The summed E-state index contributed by atoms with van der Waals surface area (Å²) in [5.41, 5.74) is 1.49. The van der Waals surface area contributed by atoms with Gasteiger partial charge >= 0.3 is 6.61 Å². The van der Waals surface area contributed by atoms with Crippen molar-refractivity contribution >= 4 is 11.6 Å². The summed E-state index contributed by atoms with van der Waals surface area (Å²) in [6.45, 7) is -0.917. The second kappa shape index (κ2) is 7.54. The van der Waals surface area contributed by atoms with Crippen LogP contribution in [0.5, 0.6) is 5.75 Å². The lowest BCUT2D eigenvalue weighted by atomic mass is 9.95. The van der Waals surface area contributed by atoms with Crippen LogP contribution in [0, 0.1) is 0 Å². The van der Waals surface area contributed by atoms with Gasteiger partial charge < -0.3 is 10.1 Å². The maximum atomic E-state index is 12.3. The number of hydrogen-bond acceptors (Lipinski definition) is 2. The van der Waals surface area contributed by atoms with Crippen LogP contribution in [0.15, 0.2) is 54.6 Å². The third kappa shape index (κ3) is 4.28. The van der Waals surface area contributed by atoms with Gasteiger partial charge in [0.2, 0.25) is 5.91 Å². The molecule has 0 saturated carbocycles. The molecule has 1 amide bonds. The Labute approximate surface area is 127 Å². The zero-order valence-corrected chi connectivity index (χ0v) is 12.1. The van der Waals surface area contributed by atoms with Gasteiger partial charge in [-0.25, -0.2) is 0 Å². The first-order chi connectivity index (χ1) is 10.6. The van der Waals surface area contributed by atoms with E-state index in [1.54, 1.807) is 0 Å². The molecule has 0 aliphatic heterocycles. The van der Waals surface area contributed by atoms with Crippen LogP contribution in [0.2, 0.25) is 0 Å². The molecule has 1 atom stereocenters. The van der Waals surface area contributed by atoms with Gasteiger partial charge in [0.05, 0.1) is 5.92 Å². The average molecular weight is 305 g/mol. The van der Waals surface area contributed by atoms with Crippen LogP contribution >= 0.6 is 0 Å². The molecular weight excluding hydrogens is 288 g/mol. The summed E-state index contributed by atoms with van der Waals surface area (Å²) in [6.07, 6.45) is 0.669. The molecule has 1 N–H and O–H groups in total. The van der Waals surface area contributed by atoms with Crippen molar-refractivity contribution in [3.63, 3.8) is 0 Å². The SMILES string of the molecule is CC[C@@H](C(=O)Nc1ccc(OC(F)F)cc1)c1ccccc1. The molecule has 0 heterocycles. The van der Waals surface area contributed by atoms with E-state index in [0.29, 0.717) is 12.1 Å². The molecule has 5 heteroatoms. The summed E-state index contributed by atoms with van der Waals surface area (Å²) in [4.78, 5) is 12.3. The molecule has 2 aromatic carbocycles. The first-order valence-electron chi connectivity index (χ1n) is 7.01. The van der Waals surface area contributed by atoms with Gasteiger partial charge in [0.1, 0.15) is 5.75 Å². The van der Waals surface area contributed by atoms with Crippen LogP contribution in [0.25, 0.3) is 0 Å². The summed E-state index contributed by atoms with van der Waals surface area (Å²) in [5.74, 6) is -0.322. The van der Waals surface area contributed by atoms with E-state index in [2.05, 4.69) is 10.1 Å². The van der Waals surface area contributed by atoms with E-state index < -0.39 is 6.61 Å². The fourth-order valence-corrected chi connectivity index (χ4v) is 2.21. The van der Waals surface area contributed by atoms with Gasteiger partial charge in [0, 0.05) is 5.69 Å². The van der Waals surface area contributed by atoms with E-state index in [0.717, 1.165) is 5.56 Å². The Kier molecular flexibility index (Phi) is 5.47. The fraction of sp³-hybridized carbons (Fsp3) is 0.235. The zero-order chi connectivity index (χ0) is 15.9. The Morgan fingerprint density at radius 3 is 2.27 bits per heavy atom. The van der Waals surface area contributed by atoms with E-state index in [1.165, 1.54) is 24.3 Å². The predicted octanol–water partition coefficient (Wildman–Crippen LogP) is 4.42. The lowest BCUT2D eigenvalue weighted by Gasteiger charge is -2.15. The Morgan fingerprint density at radius 1 is 1.09 bits per heavy atom. The summed E-state index contributed by atoms with van der Waals surface area (Å²) < 4.78 is 28.4. The molecule has 0 unspecified atom stereocenters. The molecule has 3 nitrogen and oxygen atoms in total. The molecular formula is C17H17F2NO2. The number of ether oxygens (including phenoxy) is 1. The minimum atomic E-state index is -2.86. The molecule has 0 aliphatic carbocycles. The molecule has 0 aromatic heterocycles. The molecule has 2 rings (SSSR count). The highest BCUT2D eigenvalue weighted by molar-refractivity contribution is 5.95. The molecule has 0 aliphatic rings. The van der Waals surface area contributed by atoms with Crippen LogP contribution < -0.4 is 10.1 Å². The van der Waals surface area contributed by atoms with E-state index in [1.807, 2.05) is 37.3 Å². The van der Waals surface area contributed by atoms with E-state index >= 15 is 0 Å². The largest absolute Gasteiger partial charge is 0.435 e. The minimum Gasteiger partial charge on any atom is -0.435 e. The average Bonchev–Trinajstić information content (AvgIpc) is 2.50. The van der Waals surface area contributed by atoms with Gasteiger partial charge in [-0.15, -0.1) is 0 Å². The number of nitrogens with one attached hydrogen (secondary N) is 1. The molecule has 0 bridgehead atoms. The van der Waals surface area contributed by atoms with Crippen LogP contribution in [0.1, 0.15) is 24.8 Å². The fourth-order valence-electron chi connectivity index (χ4n) is 2.21. The second-order valence-corrected chi connectivity index (χ2v) is 4.76. The molecule has 0 saturated heterocycles. The van der Waals surface area contributed by atoms with Crippen molar-refractivity contribution in [2.24, 2.45) is 0 Å². The molecule has 0 fully saturated rings. The maximum absolute atomic E-state index is 12.3. The van der Waals surface area contributed by atoms with Gasteiger partial charge in [-0.1, -0.05) is 37.3 Å². The lowest BCUT2D eigenvalue weighted by molar-refractivity contribution is -0.117. The Hall–Kier alpha value is -2.43. The highest BCUT2D eigenvalue weighted by atomic mass is 19.3. The molecule has 2 aromatic rings. The Balaban J connectivity index is 2.04. The van der Waals surface area contributed by atoms with Crippen molar-refractivity contribution in [1.29, 1.82) is 0 Å². The predicted molar refractivity (Wildman–Crippen MR) is 81.2 cm³/mol. The lowest BCUT2D eigenvalue weighted by Crippen LogP contribution is -2.20. The third-order valence-electron chi connectivity index (χ3n) is 3.27. The van der Waals surface area contributed by atoms with E-state index in [9.17, 15) is 13.6 Å². The van der Waals surface area contributed by atoms with Gasteiger partial charge in [0.15, 0.2) is 0 Å². The Morgan fingerprint density at radius 2 is 1.73 bits per heavy atom. The van der Waals surface area contributed by atoms with Crippen molar-refractivity contribution in [3.8, 4) is 5.75 Å². The standard InChI is InChI=1S/C17H17F2NO2/c1-2-15(12-6-4-3-5-7-12)16(21)20-13-8-10-14(11-9-13)22-17(18)19/h3-11,15,17H,2H2,1H3,(H,20,21)/t15-/m1/s1. The normalized spacial score (nSPS) is 12.0. The topological polar surface area (TPSA) is 38.3 Å². The maximum Gasteiger partial charge on any atom is 0.387 e. The van der Waals surface area contributed by atoms with Crippen molar-refractivity contribution in [2.75, 3.05) is 5.32 Å². The summed E-state index contributed by atoms with van der Waals surface area (Å²) in [5, 5.41) is 2.79. The second-order valence-electron chi connectivity index (χ2n) is 4.76. The van der Waals surface area contributed by atoms with Gasteiger partial charge in [0.25, 0.3) is 0 Å². The number of amides is 1. The number of alkyl halides is 2. The summed E-state index contributed by atoms with van der Waals surface area (Å²) in [7, 11) is 0. The van der Waals surface area contributed by atoms with E-state index in [4.69, 9.17) is 0 Å². The van der Waals surface area contributed by atoms with Gasteiger partial charge in [-0.2, -0.15) is 8.78 Å². The highest BCUT2D eigenvalue weighted by Crippen LogP contribution is 2.23. The van der Waals surface area contributed by atoms with Crippen LogP contribution in [-0.4, -0.2) is 12.5 Å². The molecule has 0 radical (unpaired) electrons. The number of halogens is 2. The summed E-state index contributed by atoms with van der Waals surface area (Å²) in [6, 6.07) is 15.4. The number of rotatable bonds is 6.